The van der Waals surface area contributed by atoms with Gasteiger partial charge in [0.15, 0.2) is 0 Å². The van der Waals surface area contributed by atoms with Crippen molar-refractivity contribution in [2.24, 2.45) is 10.7 Å². The van der Waals surface area contributed by atoms with Crippen LogP contribution < -0.4 is 10.5 Å². The van der Waals surface area contributed by atoms with Crippen molar-refractivity contribution < 1.29 is 9.47 Å². The molecule has 5 heteroatoms. The van der Waals surface area contributed by atoms with Gasteiger partial charge in [-0.1, -0.05) is 18.2 Å². The normalized spacial score (nSPS) is 21.3. The van der Waals surface area contributed by atoms with E-state index in [0.29, 0.717) is 19.0 Å². The molecule has 1 aliphatic heterocycles. The van der Waals surface area contributed by atoms with E-state index in [1.807, 2.05) is 37.4 Å². The quantitative estimate of drug-likeness (QED) is 0.944. The van der Waals surface area contributed by atoms with Crippen LogP contribution in [0.15, 0.2) is 47.7 Å². The van der Waals surface area contributed by atoms with Gasteiger partial charge in [0.25, 0.3) is 0 Å². The van der Waals surface area contributed by atoms with E-state index in [0.717, 1.165) is 22.4 Å². The van der Waals surface area contributed by atoms with Gasteiger partial charge in [0.1, 0.15) is 23.7 Å². The highest BCUT2D eigenvalue weighted by Crippen LogP contribution is 2.31. The zero-order chi connectivity index (χ0) is 15.6. The smallest absolute Gasteiger partial charge is 0.137 e. The number of hydrogen-bond acceptors (Lipinski definition) is 5. The van der Waals surface area contributed by atoms with Gasteiger partial charge >= 0.3 is 0 Å². The molecule has 1 atom stereocenters. The second-order valence-corrected chi connectivity index (χ2v) is 5.56. The van der Waals surface area contributed by atoms with Gasteiger partial charge in [-0.3, -0.25) is 9.98 Å². The minimum Gasteiger partial charge on any atom is -0.495 e. The average Bonchev–Trinajstić information content (AvgIpc) is 2.55. The monoisotopic (exact) mass is 297 g/mol. The second-order valence-electron chi connectivity index (χ2n) is 5.56. The number of benzene rings is 1. The number of ether oxygens (including phenoxy) is 2. The molecule has 114 valence electrons. The Bertz CT molecular complexity index is 715. The lowest BCUT2D eigenvalue weighted by Gasteiger charge is -2.30. The summed E-state index contributed by atoms with van der Waals surface area (Å²) in [5.41, 5.74) is 8.50. The molecule has 22 heavy (non-hydrogen) atoms. The Morgan fingerprint density at radius 2 is 2.09 bits per heavy atom. The molecule has 0 bridgehead atoms. The number of pyridine rings is 1. The van der Waals surface area contributed by atoms with Crippen LogP contribution in [0.1, 0.15) is 12.5 Å². The fraction of sp³-hybridized carbons (Fsp3) is 0.294. The minimum atomic E-state index is -0.454. The van der Waals surface area contributed by atoms with E-state index in [2.05, 4.69) is 16.0 Å². The highest BCUT2D eigenvalue weighted by atomic mass is 16.5. The summed E-state index contributed by atoms with van der Waals surface area (Å²) in [6, 6.07) is 10.2. The predicted molar refractivity (Wildman–Crippen MR) is 86.0 cm³/mol. The summed E-state index contributed by atoms with van der Waals surface area (Å²) in [6.45, 7) is 2.95. The Morgan fingerprint density at radius 3 is 2.86 bits per heavy atom. The van der Waals surface area contributed by atoms with E-state index in [4.69, 9.17) is 15.2 Å². The van der Waals surface area contributed by atoms with Crippen molar-refractivity contribution in [2.75, 3.05) is 20.3 Å². The van der Waals surface area contributed by atoms with E-state index in [1.165, 1.54) is 0 Å². The molecular formula is C17H19N3O2. The number of nitrogens with zero attached hydrogens (tertiary/aromatic N) is 2. The van der Waals surface area contributed by atoms with Crippen molar-refractivity contribution in [1.29, 1.82) is 0 Å². The van der Waals surface area contributed by atoms with Crippen LogP contribution in [0.3, 0.4) is 0 Å². The molecule has 0 saturated carbocycles. The first-order valence-electron chi connectivity index (χ1n) is 7.13. The predicted octanol–water partition coefficient (Wildman–Crippen LogP) is 2.36. The summed E-state index contributed by atoms with van der Waals surface area (Å²) in [6.07, 6.45) is 3.51. The molecule has 2 heterocycles. The third-order valence-electron chi connectivity index (χ3n) is 3.79. The van der Waals surface area contributed by atoms with Crippen molar-refractivity contribution in [3.05, 3.63) is 48.3 Å². The first kappa shape index (κ1) is 14.5. The molecule has 1 aromatic carbocycles. The number of nitrogens with two attached hydrogens (primary N) is 1. The molecule has 2 N–H and O–H groups in total. The fourth-order valence-corrected chi connectivity index (χ4v) is 2.61. The lowest BCUT2D eigenvalue weighted by Crippen LogP contribution is -2.37. The van der Waals surface area contributed by atoms with E-state index in [9.17, 15) is 0 Å². The third-order valence-corrected chi connectivity index (χ3v) is 3.79. The molecular weight excluding hydrogens is 278 g/mol. The number of amidine groups is 1. The van der Waals surface area contributed by atoms with Gasteiger partial charge < -0.3 is 15.2 Å². The maximum absolute atomic E-state index is 5.83. The summed E-state index contributed by atoms with van der Waals surface area (Å²) in [7, 11) is 1.63. The molecule has 0 radical (unpaired) electrons. The molecule has 0 fully saturated rings. The topological polar surface area (TPSA) is 69.7 Å². The van der Waals surface area contributed by atoms with Crippen LogP contribution in [0.5, 0.6) is 5.75 Å². The first-order chi connectivity index (χ1) is 10.6. The summed E-state index contributed by atoms with van der Waals surface area (Å²) < 4.78 is 10.8. The van der Waals surface area contributed by atoms with Crippen molar-refractivity contribution >= 4 is 5.84 Å². The van der Waals surface area contributed by atoms with Gasteiger partial charge in [-0.2, -0.15) is 0 Å². The van der Waals surface area contributed by atoms with Crippen LogP contribution in [-0.4, -0.2) is 31.1 Å². The molecule has 0 spiro atoms. The molecule has 0 saturated heterocycles. The lowest BCUT2D eigenvalue weighted by atomic mass is 9.90. The van der Waals surface area contributed by atoms with Crippen LogP contribution in [0.25, 0.3) is 11.1 Å². The number of aromatic nitrogens is 1. The summed E-state index contributed by atoms with van der Waals surface area (Å²) in [5, 5.41) is 0. The average molecular weight is 297 g/mol. The highest BCUT2D eigenvalue weighted by Gasteiger charge is 2.30. The Labute approximate surface area is 129 Å². The summed E-state index contributed by atoms with van der Waals surface area (Å²) in [5.74, 6) is 1.26. The van der Waals surface area contributed by atoms with Gasteiger partial charge in [0.2, 0.25) is 0 Å². The highest BCUT2D eigenvalue weighted by molar-refractivity contribution is 5.82. The van der Waals surface area contributed by atoms with Crippen LogP contribution in [0.4, 0.5) is 0 Å². The van der Waals surface area contributed by atoms with E-state index < -0.39 is 5.54 Å². The minimum absolute atomic E-state index is 0.398. The molecule has 2 aromatic rings. The van der Waals surface area contributed by atoms with Gasteiger partial charge in [-0.15, -0.1) is 0 Å². The van der Waals surface area contributed by atoms with Crippen molar-refractivity contribution in [2.45, 2.75) is 12.5 Å². The Morgan fingerprint density at radius 1 is 1.23 bits per heavy atom. The van der Waals surface area contributed by atoms with Gasteiger partial charge in [0, 0.05) is 11.8 Å². The molecule has 0 aliphatic carbocycles. The Hall–Kier alpha value is -2.40. The summed E-state index contributed by atoms with van der Waals surface area (Å²) >= 11 is 0. The number of methoxy groups -OCH3 is 1. The maximum atomic E-state index is 5.83. The van der Waals surface area contributed by atoms with Crippen LogP contribution in [0, 0.1) is 0 Å². The maximum Gasteiger partial charge on any atom is 0.137 e. The van der Waals surface area contributed by atoms with Crippen molar-refractivity contribution in [3.8, 4) is 16.9 Å². The van der Waals surface area contributed by atoms with Crippen LogP contribution in [-0.2, 0) is 10.3 Å². The lowest BCUT2D eigenvalue weighted by molar-refractivity contribution is 0.106. The number of aliphatic imine (C=N–C) groups is 1. The molecule has 1 aromatic heterocycles. The largest absolute Gasteiger partial charge is 0.495 e. The van der Waals surface area contributed by atoms with Crippen molar-refractivity contribution in [3.63, 3.8) is 0 Å². The molecule has 5 nitrogen and oxygen atoms in total. The molecule has 3 rings (SSSR count). The van der Waals surface area contributed by atoms with Crippen LogP contribution in [0.2, 0.25) is 0 Å². The second kappa shape index (κ2) is 5.77. The third kappa shape index (κ3) is 2.80. The zero-order valence-corrected chi connectivity index (χ0v) is 12.7. The zero-order valence-electron chi connectivity index (χ0n) is 12.7. The SMILES string of the molecule is COc1cncc(-c2cccc(C3(C)COCC(N)=N3)c2)c1. The van der Waals surface area contributed by atoms with E-state index >= 15 is 0 Å². The van der Waals surface area contributed by atoms with Crippen molar-refractivity contribution in [1.82, 2.24) is 4.98 Å². The van der Waals surface area contributed by atoms with Gasteiger partial charge in [-0.05, 0) is 30.2 Å². The fourth-order valence-electron chi connectivity index (χ4n) is 2.61. The molecule has 1 aliphatic rings. The standard InChI is InChI=1S/C17H19N3O2/c1-17(11-22-10-16(18)20-17)14-5-3-4-12(6-14)13-7-15(21-2)9-19-8-13/h3-9H,10-11H2,1-2H3,(H2,18,20). The first-order valence-corrected chi connectivity index (χ1v) is 7.13. The Kier molecular flexibility index (Phi) is 3.81. The number of hydrogen-bond donors (Lipinski definition) is 1. The van der Waals surface area contributed by atoms with Crippen LogP contribution >= 0.6 is 0 Å². The van der Waals surface area contributed by atoms with Gasteiger partial charge in [0.05, 0.1) is 19.9 Å². The number of rotatable bonds is 3. The summed E-state index contributed by atoms with van der Waals surface area (Å²) in [4.78, 5) is 8.79. The van der Waals surface area contributed by atoms with Gasteiger partial charge in [-0.25, -0.2) is 0 Å². The van der Waals surface area contributed by atoms with E-state index in [1.54, 1.807) is 13.3 Å². The Balaban J connectivity index is 2.01. The molecule has 1 unspecified atom stereocenters. The van der Waals surface area contributed by atoms with E-state index in [-0.39, 0.29) is 0 Å². The molecule has 0 amide bonds.